The molecule has 0 N–H and O–H groups in total. The van der Waals surface area contributed by atoms with E-state index < -0.39 is 0 Å². The number of carbonyl (C=O) groups excluding carboxylic acids is 1. The van der Waals surface area contributed by atoms with Crippen molar-refractivity contribution in [2.24, 2.45) is 0 Å². The fraction of sp³-hybridized carbons (Fsp3) is 0.182. The van der Waals surface area contributed by atoms with Crippen molar-refractivity contribution in [3.63, 3.8) is 0 Å². The molecule has 30 heavy (non-hydrogen) atoms. The first-order valence-electron chi connectivity index (χ1n) is 9.41. The minimum atomic E-state index is -0.223. The Hall–Kier alpha value is -3.94. The van der Waals surface area contributed by atoms with Gasteiger partial charge >= 0.3 is 0 Å². The molecule has 0 aliphatic heterocycles. The molecule has 0 saturated heterocycles. The van der Waals surface area contributed by atoms with Crippen LogP contribution in [0.1, 0.15) is 29.1 Å². The maximum absolute atomic E-state index is 13.3. The molecule has 1 unspecified atom stereocenters. The van der Waals surface area contributed by atoms with Gasteiger partial charge in [-0.3, -0.25) is 4.79 Å². The zero-order chi connectivity index (χ0) is 21.1. The summed E-state index contributed by atoms with van der Waals surface area (Å²) in [7, 11) is 3.37. The molecule has 1 atom stereocenters. The smallest absolute Gasteiger partial charge is 0.254 e. The molecule has 0 aliphatic rings. The molecule has 8 nitrogen and oxygen atoms in total. The van der Waals surface area contributed by atoms with Crippen molar-refractivity contribution in [2.75, 3.05) is 14.2 Å². The van der Waals surface area contributed by atoms with Crippen molar-refractivity contribution in [1.29, 1.82) is 0 Å². The van der Waals surface area contributed by atoms with Crippen LogP contribution >= 0.6 is 0 Å². The highest BCUT2D eigenvalue weighted by molar-refractivity contribution is 5.96. The van der Waals surface area contributed by atoms with Gasteiger partial charge in [-0.1, -0.05) is 18.2 Å². The predicted molar refractivity (Wildman–Crippen MR) is 110 cm³/mol. The summed E-state index contributed by atoms with van der Waals surface area (Å²) < 4.78 is 12.5. The quantitative estimate of drug-likeness (QED) is 0.487. The van der Waals surface area contributed by atoms with Gasteiger partial charge in [0.25, 0.3) is 5.91 Å². The number of hydrogen-bond acceptors (Lipinski definition) is 6. The zero-order valence-corrected chi connectivity index (χ0v) is 16.9. The number of methoxy groups -OCH3 is 1. The van der Waals surface area contributed by atoms with Crippen LogP contribution in [0.2, 0.25) is 0 Å². The lowest BCUT2D eigenvalue weighted by atomic mass is 10.00. The molecule has 0 bridgehead atoms. The number of amides is 1. The predicted octanol–water partition coefficient (Wildman–Crippen LogP) is 3.76. The first-order chi connectivity index (χ1) is 14.6. The highest BCUT2D eigenvalue weighted by Crippen LogP contribution is 2.32. The average molecular weight is 403 g/mol. The van der Waals surface area contributed by atoms with Gasteiger partial charge in [-0.15, -0.1) is 5.10 Å². The highest BCUT2D eigenvalue weighted by Gasteiger charge is 2.22. The summed E-state index contributed by atoms with van der Waals surface area (Å²) in [6, 6.07) is 16.6. The van der Waals surface area contributed by atoms with E-state index in [1.807, 2.05) is 55.5 Å². The summed E-state index contributed by atoms with van der Waals surface area (Å²) in [5.41, 5.74) is 2.86. The normalized spacial score (nSPS) is 11.8. The van der Waals surface area contributed by atoms with Crippen LogP contribution in [-0.4, -0.2) is 45.2 Å². The third-order valence-corrected chi connectivity index (χ3v) is 5.05. The largest absolute Gasteiger partial charge is 0.496 e. The molecule has 2 aromatic carbocycles. The van der Waals surface area contributed by atoms with Crippen LogP contribution in [0.15, 0.2) is 71.6 Å². The number of benzene rings is 2. The standard InChI is InChI=1S/C22H21N5O3/c1-15(20-9-6-10-30-20)26(2)22(28)17-11-16(19-7-4-5-8-21(19)29-3)12-18(13-17)27-14-23-24-25-27/h4-15H,1-3H3. The van der Waals surface area contributed by atoms with Crippen molar-refractivity contribution in [3.05, 3.63) is 78.5 Å². The molecule has 0 fully saturated rings. The number of tetrazole rings is 1. The van der Waals surface area contributed by atoms with Gasteiger partial charge in [0, 0.05) is 18.2 Å². The summed E-state index contributed by atoms with van der Waals surface area (Å²) in [5.74, 6) is 1.28. The Kier molecular flexibility index (Phi) is 5.30. The number of para-hydroxylation sites is 1. The molecule has 0 saturated carbocycles. The van der Waals surface area contributed by atoms with Gasteiger partial charge < -0.3 is 14.1 Å². The fourth-order valence-electron chi connectivity index (χ4n) is 3.28. The molecule has 4 aromatic rings. The molecule has 0 radical (unpaired) electrons. The van der Waals surface area contributed by atoms with Gasteiger partial charge in [0.1, 0.15) is 17.8 Å². The molecule has 0 spiro atoms. The summed E-state index contributed by atoms with van der Waals surface area (Å²) in [4.78, 5) is 15.0. The lowest BCUT2D eigenvalue weighted by Gasteiger charge is -2.24. The Bertz CT molecular complexity index is 1140. The molecule has 4 rings (SSSR count). The Morgan fingerprint density at radius 2 is 2.00 bits per heavy atom. The van der Waals surface area contributed by atoms with Crippen LogP contribution in [0.5, 0.6) is 5.75 Å². The van der Waals surface area contributed by atoms with E-state index in [9.17, 15) is 4.79 Å². The van der Waals surface area contributed by atoms with E-state index in [0.29, 0.717) is 22.8 Å². The first-order valence-corrected chi connectivity index (χ1v) is 9.41. The first kappa shape index (κ1) is 19.4. The number of hydrogen-bond donors (Lipinski definition) is 0. The Balaban J connectivity index is 1.79. The SMILES string of the molecule is COc1ccccc1-c1cc(C(=O)N(C)C(C)c2ccco2)cc(-n2cnnn2)c1. The number of aromatic nitrogens is 4. The van der Waals surface area contributed by atoms with E-state index in [1.54, 1.807) is 31.4 Å². The van der Waals surface area contributed by atoms with Gasteiger partial charge in [-0.05, 0) is 59.3 Å². The summed E-state index contributed by atoms with van der Waals surface area (Å²) in [6.45, 7) is 1.92. The number of carbonyl (C=O) groups is 1. The molecular weight excluding hydrogens is 382 g/mol. The van der Waals surface area contributed by atoms with E-state index in [0.717, 1.165) is 11.1 Å². The average Bonchev–Trinajstić information content (AvgIpc) is 3.51. The van der Waals surface area contributed by atoms with E-state index in [1.165, 1.54) is 11.0 Å². The summed E-state index contributed by atoms with van der Waals surface area (Å²) >= 11 is 0. The maximum Gasteiger partial charge on any atom is 0.254 e. The summed E-state index contributed by atoms with van der Waals surface area (Å²) in [5, 5.41) is 11.4. The Labute approximate surface area is 173 Å². The van der Waals surface area contributed by atoms with E-state index in [-0.39, 0.29) is 11.9 Å². The second-order valence-corrected chi connectivity index (χ2v) is 6.83. The fourth-order valence-corrected chi connectivity index (χ4v) is 3.28. The van der Waals surface area contributed by atoms with Crippen LogP contribution < -0.4 is 4.74 Å². The van der Waals surface area contributed by atoms with Gasteiger partial charge in [-0.2, -0.15) is 0 Å². The second-order valence-electron chi connectivity index (χ2n) is 6.83. The highest BCUT2D eigenvalue weighted by atomic mass is 16.5. The molecular formula is C22H21N5O3. The van der Waals surface area contributed by atoms with Crippen LogP contribution in [0.25, 0.3) is 16.8 Å². The Morgan fingerprint density at radius 1 is 1.17 bits per heavy atom. The number of furan rings is 1. The molecule has 0 aliphatic carbocycles. The zero-order valence-electron chi connectivity index (χ0n) is 16.9. The van der Waals surface area contributed by atoms with E-state index >= 15 is 0 Å². The van der Waals surface area contributed by atoms with Gasteiger partial charge in [0.05, 0.1) is 25.1 Å². The van der Waals surface area contributed by atoms with Crippen LogP contribution in [0, 0.1) is 0 Å². The van der Waals surface area contributed by atoms with Crippen LogP contribution in [0.4, 0.5) is 0 Å². The number of ether oxygens (including phenoxy) is 1. The molecule has 1 amide bonds. The number of rotatable bonds is 6. The molecule has 8 heteroatoms. The maximum atomic E-state index is 13.3. The van der Waals surface area contributed by atoms with Crippen LogP contribution in [0.3, 0.4) is 0 Å². The van der Waals surface area contributed by atoms with Gasteiger partial charge in [0.15, 0.2) is 0 Å². The van der Waals surface area contributed by atoms with Crippen molar-refractivity contribution >= 4 is 5.91 Å². The van der Waals surface area contributed by atoms with Crippen molar-refractivity contribution < 1.29 is 13.9 Å². The van der Waals surface area contributed by atoms with Gasteiger partial charge in [0.2, 0.25) is 0 Å². The topological polar surface area (TPSA) is 86.3 Å². The van der Waals surface area contributed by atoms with Crippen molar-refractivity contribution in [1.82, 2.24) is 25.1 Å². The minimum Gasteiger partial charge on any atom is -0.496 e. The van der Waals surface area contributed by atoms with Crippen molar-refractivity contribution in [3.8, 4) is 22.6 Å². The monoisotopic (exact) mass is 403 g/mol. The number of nitrogens with zero attached hydrogens (tertiary/aromatic N) is 5. The molecule has 2 aromatic heterocycles. The van der Waals surface area contributed by atoms with E-state index in [2.05, 4.69) is 15.5 Å². The summed E-state index contributed by atoms with van der Waals surface area (Å²) in [6.07, 6.45) is 3.09. The lowest BCUT2D eigenvalue weighted by Crippen LogP contribution is -2.29. The second kappa shape index (κ2) is 8.20. The minimum absolute atomic E-state index is 0.148. The lowest BCUT2D eigenvalue weighted by molar-refractivity contribution is 0.0726. The third-order valence-electron chi connectivity index (χ3n) is 5.05. The Morgan fingerprint density at radius 3 is 2.70 bits per heavy atom. The third kappa shape index (κ3) is 3.67. The van der Waals surface area contributed by atoms with Crippen LogP contribution in [-0.2, 0) is 0 Å². The molecule has 152 valence electrons. The molecule has 2 heterocycles. The van der Waals surface area contributed by atoms with E-state index in [4.69, 9.17) is 9.15 Å². The van der Waals surface area contributed by atoms with Gasteiger partial charge in [-0.25, -0.2) is 4.68 Å². The van der Waals surface area contributed by atoms with Crippen molar-refractivity contribution in [2.45, 2.75) is 13.0 Å².